The maximum atomic E-state index is 14.7. The van der Waals surface area contributed by atoms with Crippen molar-refractivity contribution in [1.29, 1.82) is 0 Å². The largest absolute Gasteiger partial charge is 0.453 e. The SMILES string of the molecule is Cc1[nH]c2ccc(Oc3ccc(C(F)(F)F)nc3)c(F)c2c(=O)c1C. The number of H-pyrrole nitrogens is 1. The van der Waals surface area contributed by atoms with E-state index in [1.165, 1.54) is 12.1 Å². The molecule has 0 radical (unpaired) electrons. The van der Waals surface area contributed by atoms with Crippen molar-refractivity contribution >= 4 is 10.9 Å². The number of pyridine rings is 2. The van der Waals surface area contributed by atoms with Crippen molar-refractivity contribution in [2.45, 2.75) is 20.0 Å². The summed E-state index contributed by atoms with van der Waals surface area (Å²) < 4.78 is 57.4. The van der Waals surface area contributed by atoms with Gasteiger partial charge in [-0.1, -0.05) is 0 Å². The first-order valence-electron chi connectivity index (χ1n) is 7.21. The van der Waals surface area contributed by atoms with Crippen molar-refractivity contribution in [2.75, 3.05) is 0 Å². The van der Waals surface area contributed by atoms with Crippen LogP contribution in [0.5, 0.6) is 11.5 Å². The number of benzene rings is 1. The number of fused-ring (bicyclic) bond motifs is 1. The Morgan fingerprint density at radius 1 is 1.12 bits per heavy atom. The van der Waals surface area contributed by atoms with Gasteiger partial charge < -0.3 is 9.72 Å². The Labute approximate surface area is 139 Å². The Bertz CT molecular complexity index is 1010. The van der Waals surface area contributed by atoms with Crippen molar-refractivity contribution < 1.29 is 22.3 Å². The van der Waals surface area contributed by atoms with Gasteiger partial charge in [-0.05, 0) is 38.1 Å². The predicted octanol–water partition coefficient (Wildman–Crippen LogP) is 4.49. The van der Waals surface area contributed by atoms with Gasteiger partial charge in [0.1, 0.15) is 11.4 Å². The third-order valence-electron chi connectivity index (χ3n) is 3.81. The Morgan fingerprint density at radius 2 is 1.84 bits per heavy atom. The van der Waals surface area contributed by atoms with Crippen molar-refractivity contribution in [1.82, 2.24) is 9.97 Å². The first-order chi connectivity index (χ1) is 11.7. The van der Waals surface area contributed by atoms with Crippen LogP contribution in [0.1, 0.15) is 17.0 Å². The van der Waals surface area contributed by atoms with Gasteiger partial charge >= 0.3 is 6.18 Å². The average molecular weight is 352 g/mol. The molecule has 2 heterocycles. The molecule has 0 saturated heterocycles. The second-order valence-corrected chi connectivity index (χ2v) is 5.48. The standard InChI is InChI=1S/C17H12F4N2O2/c1-8-9(2)23-11-4-5-12(15(18)14(11)16(8)24)25-10-3-6-13(22-7-10)17(19,20)21/h3-7H,1-2H3,(H,23,24). The minimum atomic E-state index is -4.57. The fourth-order valence-corrected chi connectivity index (χ4v) is 2.35. The lowest BCUT2D eigenvalue weighted by atomic mass is 10.1. The van der Waals surface area contributed by atoms with Crippen LogP contribution >= 0.6 is 0 Å². The number of alkyl halides is 3. The van der Waals surface area contributed by atoms with Crippen LogP contribution in [0.15, 0.2) is 35.3 Å². The fourth-order valence-electron chi connectivity index (χ4n) is 2.35. The molecule has 8 heteroatoms. The maximum Gasteiger partial charge on any atom is 0.433 e. The highest BCUT2D eigenvalue weighted by Gasteiger charge is 2.32. The summed E-state index contributed by atoms with van der Waals surface area (Å²) in [6.07, 6.45) is -3.73. The van der Waals surface area contributed by atoms with Crippen molar-refractivity contribution in [3.63, 3.8) is 0 Å². The Balaban J connectivity index is 2.03. The van der Waals surface area contributed by atoms with Crippen molar-refractivity contribution in [3.8, 4) is 11.5 Å². The Morgan fingerprint density at radius 3 is 2.44 bits per heavy atom. The number of aryl methyl sites for hydroxylation is 1. The normalized spacial score (nSPS) is 11.8. The molecule has 2 aromatic heterocycles. The molecule has 1 aromatic carbocycles. The summed E-state index contributed by atoms with van der Waals surface area (Å²) >= 11 is 0. The molecule has 0 spiro atoms. The predicted molar refractivity (Wildman–Crippen MR) is 83.3 cm³/mol. The molecule has 0 aliphatic rings. The molecule has 1 N–H and O–H groups in total. The van der Waals surface area contributed by atoms with Gasteiger partial charge in [0.2, 0.25) is 0 Å². The number of aromatic nitrogens is 2. The molecule has 25 heavy (non-hydrogen) atoms. The van der Waals surface area contributed by atoms with Gasteiger partial charge in [-0.2, -0.15) is 13.2 Å². The summed E-state index contributed by atoms with van der Waals surface area (Å²) in [6, 6.07) is 4.53. The lowest BCUT2D eigenvalue weighted by molar-refractivity contribution is -0.141. The van der Waals surface area contributed by atoms with Crippen LogP contribution in [0.2, 0.25) is 0 Å². The molecule has 0 unspecified atom stereocenters. The number of ether oxygens (including phenoxy) is 1. The summed E-state index contributed by atoms with van der Waals surface area (Å²) in [6.45, 7) is 3.27. The second-order valence-electron chi connectivity index (χ2n) is 5.48. The fraction of sp³-hybridized carbons (Fsp3) is 0.176. The highest BCUT2D eigenvalue weighted by atomic mass is 19.4. The van der Waals surface area contributed by atoms with Crippen LogP contribution in [0.4, 0.5) is 17.6 Å². The first-order valence-corrected chi connectivity index (χ1v) is 7.21. The van der Waals surface area contributed by atoms with Crippen molar-refractivity contribution in [2.24, 2.45) is 0 Å². The van der Waals surface area contributed by atoms with Crippen LogP contribution < -0.4 is 10.2 Å². The van der Waals surface area contributed by atoms with E-state index in [4.69, 9.17) is 4.74 Å². The summed E-state index contributed by atoms with van der Waals surface area (Å²) in [5.74, 6) is -1.24. The molecule has 0 bridgehead atoms. The van der Waals surface area contributed by atoms with Gasteiger partial charge in [-0.25, -0.2) is 9.37 Å². The van der Waals surface area contributed by atoms with E-state index in [9.17, 15) is 22.4 Å². The Hall–Kier alpha value is -2.90. The minimum Gasteiger partial charge on any atom is -0.453 e. The van der Waals surface area contributed by atoms with Crippen LogP contribution in [-0.4, -0.2) is 9.97 Å². The van der Waals surface area contributed by atoms with E-state index >= 15 is 0 Å². The zero-order valence-corrected chi connectivity index (χ0v) is 13.2. The van der Waals surface area contributed by atoms with E-state index in [1.54, 1.807) is 13.8 Å². The number of rotatable bonds is 2. The maximum absolute atomic E-state index is 14.7. The van der Waals surface area contributed by atoms with Crippen LogP contribution in [-0.2, 0) is 6.18 Å². The number of aromatic amines is 1. The summed E-state index contributed by atoms with van der Waals surface area (Å²) in [5, 5.41) is -0.166. The van der Waals surface area contributed by atoms with E-state index in [0.717, 1.165) is 18.3 Å². The second kappa shape index (κ2) is 5.87. The number of nitrogens with one attached hydrogen (secondary N) is 1. The highest BCUT2D eigenvalue weighted by Crippen LogP contribution is 2.31. The zero-order valence-electron chi connectivity index (χ0n) is 13.2. The van der Waals surface area contributed by atoms with E-state index in [1.807, 2.05) is 0 Å². The van der Waals surface area contributed by atoms with Gasteiger partial charge in [-0.3, -0.25) is 4.79 Å². The smallest absolute Gasteiger partial charge is 0.433 e. The number of hydrogen-bond acceptors (Lipinski definition) is 3. The van der Waals surface area contributed by atoms with E-state index in [2.05, 4.69) is 9.97 Å². The van der Waals surface area contributed by atoms with Gasteiger partial charge in [0.05, 0.1) is 17.1 Å². The van der Waals surface area contributed by atoms with E-state index in [-0.39, 0.29) is 16.9 Å². The van der Waals surface area contributed by atoms with Crippen LogP contribution in [0, 0.1) is 19.7 Å². The minimum absolute atomic E-state index is 0.0773. The van der Waals surface area contributed by atoms with E-state index in [0.29, 0.717) is 16.8 Å². The molecule has 130 valence electrons. The average Bonchev–Trinajstić information content (AvgIpc) is 2.55. The number of hydrogen-bond donors (Lipinski definition) is 1. The molecular weight excluding hydrogens is 340 g/mol. The molecule has 4 nitrogen and oxygen atoms in total. The van der Waals surface area contributed by atoms with Crippen LogP contribution in [0.3, 0.4) is 0 Å². The zero-order chi connectivity index (χ0) is 18.4. The summed E-state index contributed by atoms with van der Waals surface area (Å²) in [7, 11) is 0. The van der Waals surface area contributed by atoms with Gasteiger partial charge in [0.25, 0.3) is 0 Å². The summed E-state index contributed by atoms with van der Waals surface area (Å²) in [4.78, 5) is 18.4. The molecule has 0 fully saturated rings. The lowest BCUT2D eigenvalue weighted by Crippen LogP contribution is -2.11. The molecule has 0 aliphatic carbocycles. The van der Waals surface area contributed by atoms with Crippen molar-refractivity contribution in [3.05, 3.63) is 63.5 Å². The molecule has 0 aliphatic heterocycles. The molecule has 3 aromatic rings. The lowest BCUT2D eigenvalue weighted by Gasteiger charge is -2.11. The third kappa shape index (κ3) is 3.07. The molecular formula is C17H12F4N2O2. The van der Waals surface area contributed by atoms with Gasteiger partial charge in [0, 0.05) is 11.3 Å². The molecule has 3 rings (SSSR count). The molecule has 0 amide bonds. The Kier molecular flexibility index (Phi) is 3.98. The first kappa shape index (κ1) is 16.9. The molecule has 0 saturated carbocycles. The number of halogens is 4. The summed E-state index contributed by atoms with van der Waals surface area (Å²) in [5.41, 5.74) is -0.248. The highest BCUT2D eigenvalue weighted by molar-refractivity contribution is 5.82. The quantitative estimate of drug-likeness (QED) is 0.692. The van der Waals surface area contributed by atoms with Gasteiger partial charge in [-0.15, -0.1) is 0 Å². The number of nitrogens with zero attached hydrogens (tertiary/aromatic N) is 1. The van der Waals surface area contributed by atoms with Crippen LogP contribution in [0.25, 0.3) is 10.9 Å². The molecule has 0 atom stereocenters. The third-order valence-corrected chi connectivity index (χ3v) is 3.81. The van der Waals surface area contributed by atoms with Gasteiger partial charge in [0.15, 0.2) is 17.0 Å². The monoisotopic (exact) mass is 352 g/mol. The van der Waals surface area contributed by atoms with E-state index < -0.39 is 23.1 Å². The topological polar surface area (TPSA) is 55.0 Å².